The minimum absolute atomic E-state index is 0.0235. The first kappa shape index (κ1) is 20.6. The van der Waals surface area contributed by atoms with Gasteiger partial charge in [0.25, 0.3) is 0 Å². The molecule has 2 aromatic rings. The molecule has 9 heteroatoms. The van der Waals surface area contributed by atoms with Gasteiger partial charge in [0.2, 0.25) is 0 Å². The maximum absolute atomic E-state index is 13.8. The number of hydrogen-bond donors (Lipinski definition) is 2. The van der Waals surface area contributed by atoms with Gasteiger partial charge in [-0.2, -0.15) is 0 Å². The van der Waals surface area contributed by atoms with Gasteiger partial charge in [0, 0.05) is 23.7 Å². The fourth-order valence-electron chi connectivity index (χ4n) is 3.14. The van der Waals surface area contributed by atoms with Gasteiger partial charge in [0.05, 0.1) is 28.1 Å². The third-order valence-electron chi connectivity index (χ3n) is 4.64. The summed E-state index contributed by atoms with van der Waals surface area (Å²) in [6.07, 6.45) is 0.793. The first-order valence-electron chi connectivity index (χ1n) is 9.01. The molecular weight excluding hydrogens is 397 g/mol. The highest BCUT2D eigenvalue weighted by Gasteiger charge is 2.37. The molecule has 1 aliphatic heterocycles. The second-order valence-corrected chi connectivity index (χ2v) is 9.42. The number of pyridine rings is 1. The van der Waals surface area contributed by atoms with Crippen molar-refractivity contribution >= 4 is 39.7 Å². The number of nitrogens with zero attached hydrogens (tertiary/aromatic N) is 3. The zero-order chi connectivity index (χ0) is 20.6. The number of rotatable bonds is 3. The van der Waals surface area contributed by atoms with Crippen molar-refractivity contribution in [2.45, 2.75) is 51.7 Å². The van der Waals surface area contributed by atoms with Gasteiger partial charge in [-0.05, 0) is 24.6 Å². The van der Waals surface area contributed by atoms with Crippen molar-refractivity contribution in [2.24, 2.45) is 5.73 Å². The molecule has 28 heavy (non-hydrogen) atoms. The lowest BCUT2D eigenvalue weighted by molar-refractivity contribution is 0.213. The zero-order valence-electron chi connectivity index (χ0n) is 16.3. The Kier molecular flexibility index (Phi) is 5.67. The summed E-state index contributed by atoms with van der Waals surface area (Å²) in [5.41, 5.74) is 8.38. The number of amides is 2. The first-order valence-corrected chi connectivity index (χ1v) is 10.2. The summed E-state index contributed by atoms with van der Waals surface area (Å²) in [6, 6.07) is 2.96. The van der Waals surface area contributed by atoms with E-state index in [1.165, 1.54) is 16.2 Å². The first-order chi connectivity index (χ1) is 13.1. The van der Waals surface area contributed by atoms with Gasteiger partial charge < -0.3 is 10.6 Å². The number of halogens is 1. The number of hydrogen-bond acceptors (Lipinski definition) is 5. The standard InChI is InChI=1S/C19H24FN5OS2/c1-10-15(11-5-6-22-14(7-11)19(2,3)4)28-17(23-10)24-18(26)25-9-12(20)8-13(25)16(21)27/h5-7,12-13H,8-9H2,1-4H3,(H2,21,27)(H,23,24,26)/t12-,13-/m0/s1. The molecule has 3 N–H and O–H groups in total. The number of nitrogens with one attached hydrogen (secondary N) is 1. The van der Waals surface area contributed by atoms with Crippen LogP contribution in [-0.2, 0) is 5.41 Å². The molecule has 3 rings (SSSR count). The fourth-order valence-corrected chi connectivity index (χ4v) is 4.32. The molecule has 0 saturated carbocycles. The van der Waals surface area contributed by atoms with E-state index in [-0.39, 0.29) is 23.4 Å². The summed E-state index contributed by atoms with van der Waals surface area (Å²) in [5.74, 6) is 0. The molecule has 0 bridgehead atoms. The fraction of sp³-hybridized carbons (Fsp3) is 0.474. The topological polar surface area (TPSA) is 84.1 Å². The Morgan fingerprint density at radius 1 is 1.46 bits per heavy atom. The highest BCUT2D eigenvalue weighted by Crippen LogP contribution is 2.34. The SMILES string of the molecule is Cc1nc(NC(=O)N2C[C@@H](F)C[C@H]2C(N)=S)sc1-c1ccnc(C(C)(C)C)c1. The molecule has 1 fully saturated rings. The number of nitrogens with two attached hydrogens (primary N) is 1. The predicted octanol–water partition coefficient (Wildman–Crippen LogP) is 4.04. The molecule has 0 aromatic carbocycles. The van der Waals surface area contributed by atoms with E-state index >= 15 is 0 Å². The van der Waals surface area contributed by atoms with Gasteiger partial charge in [-0.3, -0.25) is 10.3 Å². The molecule has 1 aliphatic rings. The molecule has 2 aromatic heterocycles. The largest absolute Gasteiger partial charge is 0.392 e. The average molecular weight is 422 g/mol. The minimum Gasteiger partial charge on any atom is -0.392 e. The number of carbonyl (C=O) groups excluding carboxylic acids is 1. The van der Waals surface area contributed by atoms with Crippen molar-refractivity contribution in [3.8, 4) is 10.4 Å². The third-order valence-corrected chi connectivity index (χ3v) is 6.03. The zero-order valence-corrected chi connectivity index (χ0v) is 18.0. The number of anilines is 1. The van der Waals surface area contributed by atoms with E-state index in [1.54, 1.807) is 6.20 Å². The van der Waals surface area contributed by atoms with E-state index in [9.17, 15) is 9.18 Å². The van der Waals surface area contributed by atoms with Crippen molar-refractivity contribution in [1.29, 1.82) is 0 Å². The molecule has 6 nitrogen and oxygen atoms in total. The van der Waals surface area contributed by atoms with Gasteiger partial charge in [-0.15, -0.1) is 0 Å². The van der Waals surface area contributed by atoms with Crippen molar-refractivity contribution in [3.05, 3.63) is 29.7 Å². The summed E-state index contributed by atoms with van der Waals surface area (Å²) >= 11 is 6.34. The molecule has 0 unspecified atom stereocenters. The van der Waals surface area contributed by atoms with Crippen LogP contribution < -0.4 is 11.1 Å². The summed E-state index contributed by atoms with van der Waals surface area (Å²) in [6.45, 7) is 8.19. The Bertz CT molecular complexity index is 908. The number of aryl methyl sites for hydroxylation is 1. The normalized spacial score (nSPS) is 19.7. The van der Waals surface area contributed by atoms with E-state index in [0.717, 1.165) is 21.8 Å². The van der Waals surface area contributed by atoms with E-state index in [0.29, 0.717) is 5.13 Å². The second kappa shape index (κ2) is 7.71. The van der Waals surface area contributed by atoms with Crippen LogP contribution in [0.1, 0.15) is 38.6 Å². The van der Waals surface area contributed by atoms with Gasteiger partial charge in [-0.25, -0.2) is 14.2 Å². The van der Waals surface area contributed by atoms with Crippen LogP contribution in [0.5, 0.6) is 0 Å². The van der Waals surface area contributed by atoms with Crippen LogP contribution in [0.3, 0.4) is 0 Å². The minimum atomic E-state index is -1.13. The molecule has 2 atom stereocenters. The maximum atomic E-state index is 13.8. The highest BCUT2D eigenvalue weighted by atomic mass is 32.1. The van der Waals surface area contributed by atoms with Crippen molar-refractivity contribution in [3.63, 3.8) is 0 Å². The van der Waals surface area contributed by atoms with Crippen LogP contribution >= 0.6 is 23.6 Å². The Morgan fingerprint density at radius 3 is 2.82 bits per heavy atom. The van der Waals surface area contributed by atoms with Crippen LogP contribution in [0.25, 0.3) is 10.4 Å². The number of likely N-dealkylation sites (tertiary alicyclic amines) is 1. The third kappa shape index (κ3) is 4.30. The molecular formula is C19H24FN5OS2. The van der Waals surface area contributed by atoms with Crippen LogP contribution in [-0.4, -0.2) is 44.6 Å². The molecule has 3 heterocycles. The van der Waals surface area contributed by atoms with Gasteiger partial charge in [-0.1, -0.05) is 44.3 Å². The highest BCUT2D eigenvalue weighted by molar-refractivity contribution is 7.80. The van der Waals surface area contributed by atoms with E-state index < -0.39 is 18.2 Å². The molecule has 150 valence electrons. The quantitative estimate of drug-likeness (QED) is 0.731. The second-order valence-electron chi connectivity index (χ2n) is 7.95. The van der Waals surface area contributed by atoms with E-state index in [1.807, 2.05) is 19.1 Å². The lowest BCUT2D eigenvalue weighted by Crippen LogP contribution is -2.44. The summed E-state index contributed by atoms with van der Waals surface area (Å²) < 4.78 is 13.8. The van der Waals surface area contributed by atoms with Gasteiger partial charge >= 0.3 is 6.03 Å². The number of urea groups is 1. The van der Waals surface area contributed by atoms with Crippen LogP contribution in [0.2, 0.25) is 0 Å². The molecule has 0 radical (unpaired) electrons. The lowest BCUT2D eigenvalue weighted by atomic mass is 9.90. The van der Waals surface area contributed by atoms with Crippen LogP contribution in [0, 0.1) is 6.92 Å². The molecule has 2 amide bonds. The Balaban J connectivity index is 1.81. The monoisotopic (exact) mass is 421 g/mol. The maximum Gasteiger partial charge on any atom is 0.324 e. The number of thiocarbonyl (C=S) groups is 1. The molecule has 0 spiro atoms. The number of aromatic nitrogens is 2. The van der Waals surface area contributed by atoms with E-state index in [2.05, 4.69) is 36.1 Å². The van der Waals surface area contributed by atoms with Crippen molar-refractivity contribution in [1.82, 2.24) is 14.9 Å². The Morgan fingerprint density at radius 2 is 2.18 bits per heavy atom. The number of alkyl halides is 1. The predicted molar refractivity (Wildman–Crippen MR) is 115 cm³/mol. The van der Waals surface area contributed by atoms with Crippen molar-refractivity contribution in [2.75, 3.05) is 11.9 Å². The number of thiazole rings is 1. The lowest BCUT2D eigenvalue weighted by Gasteiger charge is -2.22. The summed E-state index contributed by atoms with van der Waals surface area (Å²) in [5, 5.41) is 3.22. The van der Waals surface area contributed by atoms with Crippen LogP contribution in [0.4, 0.5) is 14.3 Å². The average Bonchev–Trinajstić information content (AvgIpc) is 3.17. The van der Waals surface area contributed by atoms with Gasteiger partial charge in [0.1, 0.15) is 6.17 Å². The smallest absolute Gasteiger partial charge is 0.324 e. The van der Waals surface area contributed by atoms with Gasteiger partial charge in [0.15, 0.2) is 5.13 Å². The number of carbonyl (C=O) groups is 1. The Labute approximate surface area is 173 Å². The van der Waals surface area contributed by atoms with Crippen LogP contribution in [0.15, 0.2) is 18.3 Å². The summed E-state index contributed by atoms with van der Waals surface area (Å²) in [7, 11) is 0. The van der Waals surface area contributed by atoms with E-state index in [4.69, 9.17) is 18.0 Å². The van der Waals surface area contributed by atoms with Crippen molar-refractivity contribution < 1.29 is 9.18 Å². The molecule has 1 saturated heterocycles. The molecule has 0 aliphatic carbocycles. The summed E-state index contributed by atoms with van der Waals surface area (Å²) in [4.78, 5) is 23.9. The Hall–Kier alpha value is -2.13.